The van der Waals surface area contributed by atoms with E-state index in [-0.39, 0.29) is 11.0 Å². The number of sulfonamides is 1. The van der Waals surface area contributed by atoms with Crippen LogP contribution >= 0.6 is 0 Å². The maximum Gasteiger partial charge on any atom is 0.243 e. The molecule has 0 bridgehead atoms. The summed E-state index contributed by atoms with van der Waals surface area (Å²) in [4.78, 5) is 0.274. The highest BCUT2D eigenvalue weighted by molar-refractivity contribution is 7.89. The van der Waals surface area contributed by atoms with Gasteiger partial charge in [-0.3, -0.25) is 0 Å². The summed E-state index contributed by atoms with van der Waals surface area (Å²) in [6.07, 6.45) is 0.604. The number of hydrogen-bond acceptors (Lipinski definition) is 4. The third-order valence-corrected chi connectivity index (χ3v) is 5.38. The number of rotatable bonds is 5. The molecule has 0 aliphatic carbocycles. The topological polar surface area (TPSA) is 66.8 Å². The van der Waals surface area contributed by atoms with Crippen LogP contribution < -0.4 is 4.74 Å². The molecule has 0 spiro atoms. The Morgan fingerprint density at radius 2 is 1.81 bits per heavy atom. The molecule has 118 valence electrons. The van der Waals surface area contributed by atoms with Crippen molar-refractivity contribution < 1.29 is 18.3 Å². The zero-order valence-electron chi connectivity index (χ0n) is 12.5. The van der Waals surface area contributed by atoms with Gasteiger partial charge in [0, 0.05) is 13.1 Å². The second kappa shape index (κ2) is 6.77. The van der Waals surface area contributed by atoms with Crippen molar-refractivity contribution in [2.24, 2.45) is 5.92 Å². The molecule has 6 heteroatoms. The van der Waals surface area contributed by atoms with Crippen molar-refractivity contribution in [1.82, 2.24) is 4.31 Å². The van der Waals surface area contributed by atoms with E-state index in [0.29, 0.717) is 44.2 Å². The summed E-state index contributed by atoms with van der Waals surface area (Å²) in [6.45, 7) is 5.47. The predicted molar refractivity (Wildman–Crippen MR) is 80.8 cm³/mol. The van der Waals surface area contributed by atoms with Crippen LogP contribution in [0.1, 0.15) is 26.7 Å². The highest BCUT2D eigenvalue weighted by atomic mass is 32.2. The van der Waals surface area contributed by atoms with Gasteiger partial charge < -0.3 is 9.84 Å². The lowest BCUT2D eigenvalue weighted by molar-refractivity contribution is 0.113. The minimum absolute atomic E-state index is 0.274. The molecule has 1 fully saturated rings. The number of aliphatic hydroxyl groups is 1. The Labute approximate surface area is 126 Å². The lowest BCUT2D eigenvalue weighted by Crippen LogP contribution is -2.39. The van der Waals surface area contributed by atoms with E-state index in [1.165, 1.54) is 4.31 Å². The van der Waals surface area contributed by atoms with Gasteiger partial charge in [-0.2, -0.15) is 4.31 Å². The molecule has 21 heavy (non-hydrogen) atoms. The standard InChI is InChI=1S/C15H23NO4S/c1-12(2)11-20-14-3-5-15(6-4-14)21(18,19)16-9-7-13(17)8-10-16/h3-6,12-13,17H,7-11H2,1-2H3. The summed E-state index contributed by atoms with van der Waals surface area (Å²) in [6, 6.07) is 6.54. The second-order valence-electron chi connectivity index (χ2n) is 5.81. The lowest BCUT2D eigenvalue weighted by Gasteiger charge is -2.28. The molecule has 0 atom stereocenters. The van der Waals surface area contributed by atoms with E-state index in [1.54, 1.807) is 24.3 Å². The molecule has 0 amide bonds. The Morgan fingerprint density at radius 1 is 1.24 bits per heavy atom. The van der Waals surface area contributed by atoms with Crippen molar-refractivity contribution in [3.63, 3.8) is 0 Å². The van der Waals surface area contributed by atoms with Crippen LogP contribution in [0.3, 0.4) is 0 Å². The third kappa shape index (κ3) is 4.18. The maximum atomic E-state index is 12.5. The maximum absolute atomic E-state index is 12.5. The predicted octanol–water partition coefficient (Wildman–Crippen LogP) is 1.87. The Hall–Kier alpha value is -1.11. The van der Waals surface area contributed by atoms with Gasteiger partial charge in [0.15, 0.2) is 0 Å². The molecular formula is C15H23NO4S. The number of ether oxygens (including phenoxy) is 1. The molecule has 0 radical (unpaired) electrons. The molecule has 2 rings (SSSR count). The van der Waals surface area contributed by atoms with Crippen LogP contribution in [-0.2, 0) is 10.0 Å². The first-order valence-corrected chi connectivity index (χ1v) is 8.74. The largest absolute Gasteiger partial charge is 0.493 e. The third-order valence-electron chi connectivity index (χ3n) is 3.47. The van der Waals surface area contributed by atoms with Crippen LogP contribution in [0.5, 0.6) is 5.75 Å². The van der Waals surface area contributed by atoms with Crippen LogP contribution in [0.25, 0.3) is 0 Å². The number of benzene rings is 1. The van der Waals surface area contributed by atoms with Crippen LogP contribution in [0.15, 0.2) is 29.2 Å². The number of nitrogens with zero attached hydrogens (tertiary/aromatic N) is 1. The monoisotopic (exact) mass is 313 g/mol. The average Bonchev–Trinajstić information content (AvgIpc) is 2.46. The van der Waals surface area contributed by atoms with Gasteiger partial charge in [0.1, 0.15) is 5.75 Å². The Kier molecular flexibility index (Phi) is 5.24. The first-order chi connectivity index (χ1) is 9.89. The average molecular weight is 313 g/mol. The molecular weight excluding hydrogens is 290 g/mol. The summed E-state index contributed by atoms with van der Waals surface area (Å²) in [5.74, 6) is 1.10. The molecule has 0 unspecified atom stereocenters. The van der Waals surface area contributed by atoms with Crippen molar-refractivity contribution in [1.29, 1.82) is 0 Å². The normalized spacial score (nSPS) is 18.1. The van der Waals surface area contributed by atoms with Crippen LogP contribution in [-0.4, -0.2) is 43.6 Å². The minimum Gasteiger partial charge on any atom is -0.493 e. The van der Waals surface area contributed by atoms with Crippen LogP contribution in [0, 0.1) is 5.92 Å². The van der Waals surface area contributed by atoms with E-state index in [1.807, 2.05) is 0 Å². The number of piperidine rings is 1. The summed E-state index contributed by atoms with van der Waals surface area (Å²) in [5.41, 5.74) is 0. The molecule has 1 N–H and O–H groups in total. The molecule has 0 aromatic heterocycles. The van der Waals surface area contributed by atoms with Gasteiger partial charge in [0.05, 0.1) is 17.6 Å². The van der Waals surface area contributed by atoms with E-state index < -0.39 is 10.0 Å². The molecule has 1 saturated heterocycles. The van der Waals surface area contributed by atoms with E-state index in [0.717, 1.165) is 0 Å². The van der Waals surface area contributed by atoms with Crippen LogP contribution in [0.2, 0.25) is 0 Å². The first-order valence-electron chi connectivity index (χ1n) is 7.30. The van der Waals surface area contributed by atoms with Gasteiger partial charge in [0.2, 0.25) is 10.0 Å². The number of hydrogen-bond donors (Lipinski definition) is 1. The zero-order chi connectivity index (χ0) is 15.5. The van der Waals surface area contributed by atoms with Gasteiger partial charge in [-0.25, -0.2) is 8.42 Å². The van der Waals surface area contributed by atoms with Crippen molar-refractivity contribution >= 4 is 10.0 Å². The van der Waals surface area contributed by atoms with Crippen molar-refractivity contribution in [2.75, 3.05) is 19.7 Å². The second-order valence-corrected chi connectivity index (χ2v) is 7.75. The summed E-state index contributed by atoms with van der Waals surface area (Å²) in [5, 5.41) is 9.47. The molecule has 1 aromatic rings. The van der Waals surface area contributed by atoms with Crippen LogP contribution in [0.4, 0.5) is 0 Å². The first kappa shape index (κ1) is 16.3. The number of aliphatic hydroxyl groups excluding tert-OH is 1. The highest BCUT2D eigenvalue weighted by Gasteiger charge is 2.28. The van der Waals surface area contributed by atoms with Gasteiger partial charge in [0.25, 0.3) is 0 Å². The smallest absolute Gasteiger partial charge is 0.243 e. The van der Waals surface area contributed by atoms with Crippen molar-refractivity contribution in [3.8, 4) is 5.75 Å². The fraction of sp³-hybridized carbons (Fsp3) is 0.600. The molecule has 1 aliphatic heterocycles. The Balaban J connectivity index is 2.06. The van der Waals surface area contributed by atoms with E-state index >= 15 is 0 Å². The summed E-state index contributed by atoms with van der Waals surface area (Å²) >= 11 is 0. The fourth-order valence-electron chi connectivity index (χ4n) is 2.20. The van der Waals surface area contributed by atoms with Crippen molar-refractivity contribution in [2.45, 2.75) is 37.7 Å². The Bertz CT molecular complexity index is 546. The minimum atomic E-state index is -3.47. The molecule has 1 aliphatic rings. The SMILES string of the molecule is CC(C)COc1ccc(S(=O)(=O)N2CCC(O)CC2)cc1. The van der Waals surface area contributed by atoms with Gasteiger partial charge in [-0.05, 0) is 43.0 Å². The van der Waals surface area contributed by atoms with E-state index in [4.69, 9.17) is 4.74 Å². The molecule has 5 nitrogen and oxygen atoms in total. The lowest BCUT2D eigenvalue weighted by atomic mass is 10.1. The van der Waals surface area contributed by atoms with Gasteiger partial charge in [-0.15, -0.1) is 0 Å². The van der Waals surface area contributed by atoms with Gasteiger partial charge >= 0.3 is 0 Å². The quantitative estimate of drug-likeness (QED) is 0.901. The van der Waals surface area contributed by atoms with Crippen molar-refractivity contribution in [3.05, 3.63) is 24.3 Å². The summed E-state index contributed by atoms with van der Waals surface area (Å²) < 4.78 is 31.9. The molecule has 1 aromatic carbocycles. The fourth-order valence-corrected chi connectivity index (χ4v) is 3.67. The summed E-state index contributed by atoms with van der Waals surface area (Å²) in [7, 11) is -3.47. The van der Waals surface area contributed by atoms with E-state index in [9.17, 15) is 13.5 Å². The zero-order valence-corrected chi connectivity index (χ0v) is 13.3. The Morgan fingerprint density at radius 3 is 2.33 bits per heavy atom. The van der Waals surface area contributed by atoms with E-state index in [2.05, 4.69) is 13.8 Å². The molecule has 0 saturated carbocycles. The highest BCUT2D eigenvalue weighted by Crippen LogP contribution is 2.23. The van der Waals surface area contributed by atoms with Gasteiger partial charge in [-0.1, -0.05) is 13.8 Å². The molecule has 1 heterocycles.